The van der Waals surface area contributed by atoms with Gasteiger partial charge in [-0.15, -0.1) is 5.10 Å². The van der Waals surface area contributed by atoms with Gasteiger partial charge in [0.05, 0.1) is 0 Å². The fraction of sp³-hybridized carbons (Fsp3) is 0.579. The Balaban J connectivity index is 1.99. The average Bonchev–Trinajstić information content (AvgIpc) is 3.08. The Morgan fingerprint density at radius 3 is 2.70 bits per heavy atom. The zero-order valence-electron chi connectivity index (χ0n) is 17.8. The number of ether oxygens (including phenoxy) is 3. The van der Waals surface area contributed by atoms with Crippen LogP contribution >= 0.6 is 0 Å². The van der Waals surface area contributed by atoms with E-state index in [-0.39, 0.29) is 19.0 Å². The Morgan fingerprint density at radius 2 is 2.12 bits per heavy atom. The van der Waals surface area contributed by atoms with E-state index in [0.717, 1.165) is 17.4 Å². The number of hydrogen-bond acceptors (Lipinski definition) is 7. The third kappa shape index (κ3) is 5.50. The second kappa shape index (κ2) is 9.87. The second-order valence-electron chi connectivity index (χ2n) is 7.22. The molecular formula is C19H22F4N4O6. The summed E-state index contributed by atoms with van der Waals surface area (Å²) in [6.45, 7) is 2.78. The van der Waals surface area contributed by atoms with Gasteiger partial charge in [-0.2, -0.15) is 22.8 Å². The van der Waals surface area contributed by atoms with Crippen molar-refractivity contribution in [3.63, 3.8) is 0 Å². The lowest BCUT2D eigenvalue weighted by molar-refractivity contribution is -0.190. The molecule has 0 amide bonds. The third-order valence-electron chi connectivity index (χ3n) is 4.89. The van der Waals surface area contributed by atoms with E-state index < -0.39 is 53.3 Å². The molecule has 3 heterocycles. The van der Waals surface area contributed by atoms with Crippen molar-refractivity contribution in [1.82, 2.24) is 19.3 Å². The van der Waals surface area contributed by atoms with Crippen molar-refractivity contribution in [1.29, 1.82) is 0 Å². The summed E-state index contributed by atoms with van der Waals surface area (Å²) in [5, 5.41) is 13.2. The Morgan fingerprint density at radius 1 is 1.39 bits per heavy atom. The number of alkyl halides is 3. The highest BCUT2D eigenvalue weighted by Gasteiger charge is 2.39. The molecule has 1 aliphatic rings. The number of nitrogens with zero attached hydrogens (tertiary/aromatic N) is 4. The molecule has 14 heteroatoms. The molecule has 33 heavy (non-hydrogen) atoms. The van der Waals surface area contributed by atoms with E-state index in [0.29, 0.717) is 30.7 Å². The maximum Gasteiger partial charge on any atom is 0.425 e. The summed E-state index contributed by atoms with van der Waals surface area (Å²) >= 11 is 0. The number of hydrogen-bond donors (Lipinski definition) is 1. The molecule has 2 aromatic rings. The molecule has 0 spiro atoms. The molecule has 0 bridgehead atoms. The van der Waals surface area contributed by atoms with Crippen molar-refractivity contribution in [2.24, 2.45) is 0 Å². The van der Waals surface area contributed by atoms with Crippen molar-refractivity contribution < 1.29 is 41.7 Å². The first-order valence-corrected chi connectivity index (χ1v) is 10.1. The lowest BCUT2D eigenvalue weighted by Gasteiger charge is -2.22. The lowest BCUT2D eigenvalue weighted by Crippen LogP contribution is -2.32. The van der Waals surface area contributed by atoms with Gasteiger partial charge in [0.25, 0.3) is 0 Å². The Bertz CT molecular complexity index is 1060. The van der Waals surface area contributed by atoms with Crippen molar-refractivity contribution >= 4 is 5.97 Å². The Labute approximate surface area is 184 Å². The fourth-order valence-electron chi connectivity index (χ4n) is 3.10. The van der Waals surface area contributed by atoms with Gasteiger partial charge in [0.2, 0.25) is 5.88 Å². The van der Waals surface area contributed by atoms with Crippen LogP contribution in [0.5, 0.6) is 5.88 Å². The van der Waals surface area contributed by atoms with E-state index in [1.807, 2.05) is 0 Å². The number of aromatic nitrogens is 4. The fourth-order valence-corrected chi connectivity index (χ4v) is 3.10. The number of carbonyl (C=O) groups is 1. The third-order valence-corrected chi connectivity index (χ3v) is 4.89. The zero-order valence-corrected chi connectivity index (χ0v) is 17.8. The minimum atomic E-state index is -4.83. The van der Waals surface area contributed by atoms with Crippen LogP contribution in [0.25, 0.3) is 5.82 Å². The van der Waals surface area contributed by atoms with Crippen LogP contribution in [0.2, 0.25) is 0 Å². The van der Waals surface area contributed by atoms with Crippen LogP contribution in [0.15, 0.2) is 10.9 Å². The van der Waals surface area contributed by atoms with Crippen LogP contribution in [-0.4, -0.2) is 55.6 Å². The molecule has 3 rings (SSSR count). The standard InChI is InChI=1S/C19H22F4N4O6/c1-3-26-13(9-32-14-6-4-5-7-31-14)25-27(18(26)30)15-12(20)8-11(17(28)29)16(24-15)33-10(2)19(21,22)23/h8,10,14H,3-7,9H2,1-2H3,(H,28,29)/t10-,14?/m0/s1. The number of rotatable bonds is 8. The summed E-state index contributed by atoms with van der Waals surface area (Å²) in [5.74, 6) is -4.76. The smallest absolute Gasteiger partial charge is 0.425 e. The minimum absolute atomic E-state index is 0.103. The van der Waals surface area contributed by atoms with Crippen LogP contribution in [-0.2, 0) is 22.6 Å². The Hall–Kier alpha value is -3.00. The second-order valence-corrected chi connectivity index (χ2v) is 7.22. The van der Waals surface area contributed by atoms with E-state index >= 15 is 0 Å². The first-order chi connectivity index (χ1) is 15.5. The van der Waals surface area contributed by atoms with Crippen molar-refractivity contribution in [3.05, 3.63) is 33.8 Å². The van der Waals surface area contributed by atoms with E-state index in [1.165, 1.54) is 0 Å². The number of carboxylic acids is 1. The van der Waals surface area contributed by atoms with Crippen LogP contribution in [0, 0.1) is 5.82 Å². The SMILES string of the molecule is CCn1c(COC2CCCCO2)nn(-c2nc(O[C@@H](C)C(F)(F)F)c(C(=O)O)cc2F)c1=O. The van der Waals surface area contributed by atoms with Crippen molar-refractivity contribution in [2.75, 3.05) is 6.61 Å². The van der Waals surface area contributed by atoms with E-state index in [4.69, 9.17) is 9.47 Å². The first-order valence-electron chi connectivity index (χ1n) is 10.1. The number of carboxylic acid groups (broad SMARTS) is 1. The summed E-state index contributed by atoms with van der Waals surface area (Å²) in [4.78, 5) is 27.7. The lowest BCUT2D eigenvalue weighted by atomic mass is 10.2. The van der Waals surface area contributed by atoms with Gasteiger partial charge in [0.15, 0.2) is 29.9 Å². The van der Waals surface area contributed by atoms with Gasteiger partial charge < -0.3 is 19.3 Å². The largest absolute Gasteiger partial charge is 0.477 e. The number of halogens is 4. The predicted molar refractivity (Wildman–Crippen MR) is 103 cm³/mol. The molecule has 1 fully saturated rings. The highest BCUT2D eigenvalue weighted by molar-refractivity contribution is 5.90. The summed E-state index contributed by atoms with van der Waals surface area (Å²) in [6, 6.07) is 0.423. The number of aromatic carboxylic acids is 1. The molecule has 0 saturated carbocycles. The molecule has 1 unspecified atom stereocenters. The molecule has 10 nitrogen and oxygen atoms in total. The minimum Gasteiger partial charge on any atom is -0.477 e. The summed E-state index contributed by atoms with van der Waals surface area (Å²) in [6.07, 6.45) is -5.30. The molecule has 1 N–H and O–H groups in total. The summed E-state index contributed by atoms with van der Waals surface area (Å²) in [7, 11) is 0. The van der Waals surface area contributed by atoms with Gasteiger partial charge in [-0.3, -0.25) is 4.57 Å². The average molecular weight is 478 g/mol. The number of pyridine rings is 1. The quantitative estimate of drug-likeness (QED) is 0.576. The molecule has 2 aromatic heterocycles. The topological polar surface area (TPSA) is 118 Å². The molecule has 182 valence electrons. The van der Waals surface area contributed by atoms with Gasteiger partial charge in [0, 0.05) is 13.2 Å². The predicted octanol–water partition coefficient (Wildman–Crippen LogP) is 2.66. The van der Waals surface area contributed by atoms with E-state index in [2.05, 4.69) is 14.8 Å². The highest BCUT2D eigenvalue weighted by atomic mass is 19.4. The monoisotopic (exact) mass is 478 g/mol. The zero-order chi connectivity index (χ0) is 24.3. The van der Waals surface area contributed by atoms with Crippen LogP contribution < -0.4 is 10.4 Å². The van der Waals surface area contributed by atoms with Gasteiger partial charge in [-0.05, 0) is 39.2 Å². The highest BCUT2D eigenvalue weighted by Crippen LogP contribution is 2.28. The van der Waals surface area contributed by atoms with Gasteiger partial charge >= 0.3 is 17.8 Å². The van der Waals surface area contributed by atoms with Gasteiger partial charge in [0.1, 0.15) is 12.2 Å². The summed E-state index contributed by atoms with van der Waals surface area (Å²) in [5.41, 5.74) is -1.78. The maximum atomic E-state index is 14.7. The Kier molecular flexibility index (Phi) is 7.37. The maximum absolute atomic E-state index is 14.7. The summed E-state index contributed by atoms with van der Waals surface area (Å²) < 4.78 is 70.8. The first kappa shape index (κ1) is 24.6. The molecule has 0 aromatic carbocycles. The molecule has 1 saturated heterocycles. The van der Waals surface area contributed by atoms with Crippen LogP contribution in [0.3, 0.4) is 0 Å². The van der Waals surface area contributed by atoms with Gasteiger partial charge in [-0.25, -0.2) is 14.0 Å². The van der Waals surface area contributed by atoms with Crippen LogP contribution in [0.4, 0.5) is 17.6 Å². The van der Waals surface area contributed by atoms with Crippen molar-refractivity contribution in [3.8, 4) is 11.7 Å². The van der Waals surface area contributed by atoms with Crippen molar-refractivity contribution in [2.45, 2.75) is 64.8 Å². The van der Waals surface area contributed by atoms with Crippen LogP contribution in [0.1, 0.15) is 49.3 Å². The normalized spacial score (nSPS) is 17.7. The molecule has 2 atom stereocenters. The molecular weight excluding hydrogens is 456 g/mol. The molecule has 0 radical (unpaired) electrons. The van der Waals surface area contributed by atoms with E-state index in [1.54, 1.807) is 6.92 Å². The van der Waals surface area contributed by atoms with E-state index in [9.17, 15) is 32.3 Å². The van der Waals surface area contributed by atoms with Gasteiger partial charge in [-0.1, -0.05) is 0 Å². The molecule has 0 aliphatic carbocycles. The molecule has 1 aliphatic heterocycles.